The summed E-state index contributed by atoms with van der Waals surface area (Å²) >= 11 is 3.46. The van der Waals surface area contributed by atoms with Gasteiger partial charge < -0.3 is 9.47 Å². The molecule has 1 unspecified atom stereocenters. The summed E-state index contributed by atoms with van der Waals surface area (Å²) in [7, 11) is 0. The van der Waals surface area contributed by atoms with Gasteiger partial charge >= 0.3 is 0 Å². The number of halogens is 1. The highest BCUT2D eigenvalue weighted by Crippen LogP contribution is 2.32. The molecule has 0 aliphatic carbocycles. The Labute approximate surface area is 143 Å². The summed E-state index contributed by atoms with van der Waals surface area (Å²) in [6.45, 7) is 5.27. The second-order valence-corrected chi connectivity index (χ2v) is 7.29. The molecule has 124 valence electrons. The van der Waals surface area contributed by atoms with Crippen LogP contribution in [0.5, 0.6) is 0 Å². The van der Waals surface area contributed by atoms with Crippen molar-refractivity contribution >= 4 is 15.9 Å². The monoisotopic (exact) mass is 368 g/mol. The van der Waals surface area contributed by atoms with Crippen molar-refractivity contribution in [3.63, 3.8) is 0 Å². The second-order valence-electron chi connectivity index (χ2n) is 6.37. The van der Waals surface area contributed by atoms with Crippen LogP contribution in [0.2, 0.25) is 0 Å². The summed E-state index contributed by atoms with van der Waals surface area (Å²) in [5.74, 6) is 0.540. The van der Waals surface area contributed by atoms with Crippen LogP contribution in [0.25, 0.3) is 0 Å². The smallest absolute Gasteiger partial charge is 0.184 e. The van der Waals surface area contributed by atoms with Crippen molar-refractivity contribution in [3.05, 3.63) is 34.3 Å². The maximum atomic E-state index is 6.08. The standard InChI is InChI=1S/C19H29BrO2/c1-3-4-5-6-7-8-9-17-14-21-19(22-15(17)2)16-10-12-18(20)13-11-16/h10-13,15,17,19H,3-9,14H2,1-2H3/t15?,17-,19-/m1/s1. The van der Waals surface area contributed by atoms with Gasteiger partial charge in [0.2, 0.25) is 0 Å². The fraction of sp³-hybridized carbons (Fsp3) is 0.684. The molecule has 1 heterocycles. The lowest BCUT2D eigenvalue weighted by Gasteiger charge is -2.35. The molecule has 0 bridgehead atoms. The molecule has 0 saturated carbocycles. The topological polar surface area (TPSA) is 18.5 Å². The summed E-state index contributed by atoms with van der Waals surface area (Å²) in [6.07, 6.45) is 9.39. The highest BCUT2D eigenvalue weighted by molar-refractivity contribution is 9.10. The van der Waals surface area contributed by atoms with Gasteiger partial charge in [-0.2, -0.15) is 0 Å². The molecule has 2 nitrogen and oxygen atoms in total. The van der Waals surface area contributed by atoms with E-state index < -0.39 is 0 Å². The first-order valence-electron chi connectivity index (χ1n) is 8.73. The first-order chi connectivity index (χ1) is 10.7. The molecule has 22 heavy (non-hydrogen) atoms. The molecule has 1 aliphatic heterocycles. The zero-order chi connectivity index (χ0) is 15.8. The van der Waals surface area contributed by atoms with Crippen molar-refractivity contribution < 1.29 is 9.47 Å². The molecule has 1 saturated heterocycles. The van der Waals surface area contributed by atoms with Crippen LogP contribution >= 0.6 is 15.9 Å². The van der Waals surface area contributed by atoms with Crippen molar-refractivity contribution in [2.45, 2.75) is 71.2 Å². The van der Waals surface area contributed by atoms with Gasteiger partial charge in [-0.1, -0.05) is 73.5 Å². The SMILES string of the molecule is CCCCCCCC[C@@H]1CO[C@@H](c2ccc(Br)cc2)OC1C. The molecule has 0 aromatic heterocycles. The molecule has 0 amide bonds. The Morgan fingerprint density at radius 1 is 1.05 bits per heavy atom. The molecule has 1 aliphatic rings. The third-order valence-corrected chi connectivity index (χ3v) is 5.06. The van der Waals surface area contributed by atoms with Crippen LogP contribution in [0.4, 0.5) is 0 Å². The van der Waals surface area contributed by atoms with Gasteiger partial charge in [0.25, 0.3) is 0 Å². The van der Waals surface area contributed by atoms with Gasteiger partial charge in [0.15, 0.2) is 6.29 Å². The summed E-state index contributed by atoms with van der Waals surface area (Å²) in [5.41, 5.74) is 1.10. The van der Waals surface area contributed by atoms with E-state index in [1.165, 1.54) is 44.9 Å². The molecule has 3 heteroatoms. The Morgan fingerprint density at radius 2 is 1.73 bits per heavy atom. The molecule has 1 aromatic carbocycles. The molecular weight excluding hydrogens is 340 g/mol. The third kappa shape index (κ3) is 5.68. The van der Waals surface area contributed by atoms with E-state index in [4.69, 9.17) is 9.47 Å². The minimum atomic E-state index is -0.205. The van der Waals surface area contributed by atoms with Crippen LogP contribution in [0.15, 0.2) is 28.7 Å². The highest BCUT2D eigenvalue weighted by atomic mass is 79.9. The van der Waals surface area contributed by atoms with Crippen LogP contribution in [0.1, 0.15) is 70.6 Å². The van der Waals surface area contributed by atoms with Gasteiger partial charge in [0, 0.05) is 16.0 Å². The van der Waals surface area contributed by atoms with Crippen LogP contribution in [0.3, 0.4) is 0 Å². The molecule has 0 radical (unpaired) electrons. The average molecular weight is 369 g/mol. The molecule has 0 spiro atoms. The van der Waals surface area contributed by atoms with Crippen LogP contribution in [-0.2, 0) is 9.47 Å². The fourth-order valence-electron chi connectivity index (χ4n) is 2.99. The van der Waals surface area contributed by atoms with Gasteiger partial charge in [-0.3, -0.25) is 0 Å². The maximum absolute atomic E-state index is 6.08. The van der Waals surface area contributed by atoms with Crippen molar-refractivity contribution in [3.8, 4) is 0 Å². The van der Waals surface area contributed by atoms with Gasteiger partial charge in [0.1, 0.15) is 0 Å². The Kier molecular flexibility index (Phi) is 7.91. The minimum absolute atomic E-state index is 0.205. The lowest BCUT2D eigenvalue weighted by atomic mass is 9.95. The van der Waals surface area contributed by atoms with E-state index in [9.17, 15) is 0 Å². The first-order valence-corrected chi connectivity index (χ1v) is 9.52. The largest absolute Gasteiger partial charge is 0.348 e. The predicted molar refractivity (Wildman–Crippen MR) is 94.9 cm³/mol. The zero-order valence-corrected chi connectivity index (χ0v) is 15.5. The number of hydrogen-bond acceptors (Lipinski definition) is 2. The fourth-order valence-corrected chi connectivity index (χ4v) is 3.26. The van der Waals surface area contributed by atoms with Gasteiger partial charge in [0.05, 0.1) is 12.7 Å². The predicted octanol–water partition coefficient (Wildman–Crippen LogP) is 6.25. The van der Waals surface area contributed by atoms with Crippen LogP contribution in [0, 0.1) is 5.92 Å². The molecule has 1 fully saturated rings. The number of benzene rings is 1. The lowest BCUT2D eigenvalue weighted by molar-refractivity contribution is -0.237. The number of hydrogen-bond donors (Lipinski definition) is 0. The maximum Gasteiger partial charge on any atom is 0.184 e. The summed E-state index contributed by atoms with van der Waals surface area (Å²) in [6, 6.07) is 8.20. The van der Waals surface area contributed by atoms with E-state index in [-0.39, 0.29) is 12.4 Å². The molecule has 2 rings (SSSR count). The van der Waals surface area contributed by atoms with E-state index in [0.717, 1.165) is 16.6 Å². The van der Waals surface area contributed by atoms with Gasteiger partial charge in [-0.25, -0.2) is 0 Å². The average Bonchev–Trinajstić information content (AvgIpc) is 2.53. The van der Waals surface area contributed by atoms with E-state index >= 15 is 0 Å². The number of unbranched alkanes of at least 4 members (excludes halogenated alkanes) is 5. The van der Waals surface area contributed by atoms with Gasteiger partial charge in [-0.05, 0) is 25.5 Å². The third-order valence-electron chi connectivity index (χ3n) is 4.53. The molecule has 1 aromatic rings. The summed E-state index contributed by atoms with van der Waals surface area (Å²) in [4.78, 5) is 0. The van der Waals surface area contributed by atoms with Crippen molar-refractivity contribution in [2.24, 2.45) is 5.92 Å². The van der Waals surface area contributed by atoms with Crippen LogP contribution in [-0.4, -0.2) is 12.7 Å². The van der Waals surface area contributed by atoms with E-state index in [0.29, 0.717) is 5.92 Å². The Hall–Kier alpha value is -0.380. The molecule has 3 atom stereocenters. The van der Waals surface area contributed by atoms with E-state index in [1.807, 2.05) is 12.1 Å². The van der Waals surface area contributed by atoms with Crippen molar-refractivity contribution in [1.82, 2.24) is 0 Å². The first kappa shape index (κ1) is 18.0. The van der Waals surface area contributed by atoms with E-state index in [1.54, 1.807) is 0 Å². The normalized spacial score (nSPS) is 25.3. The Morgan fingerprint density at radius 3 is 2.41 bits per heavy atom. The zero-order valence-electron chi connectivity index (χ0n) is 13.9. The quantitative estimate of drug-likeness (QED) is 0.504. The van der Waals surface area contributed by atoms with Gasteiger partial charge in [-0.15, -0.1) is 0 Å². The Balaban J connectivity index is 1.70. The Bertz CT molecular complexity index is 418. The molecule has 0 N–H and O–H groups in total. The number of rotatable bonds is 8. The van der Waals surface area contributed by atoms with Crippen molar-refractivity contribution in [2.75, 3.05) is 6.61 Å². The number of ether oxygens (including phenoxy) is 2. The summed E-state index contributed by atoms with van der Waals surface area (Å²) < 4.78 is 13.1. The molecular formula is C19H29BrO2. The second kappa shape index (κ2) is 9.69. The highest BCUT2D eigenvalue weighted by Gasteiger charge is 2.29. The van der Waals surface area contributed by atoms with E-state index in [2.05, 4.69) is 41.9 Å². The van der Waals surface area contributed by atoms with Crippen molar-refractivity contribution in [1.29, 1.82) is 0 Å². The lowest BCUT2D eigenvalue weighted by Crippen LogP contribution is -2.34. The van der Waals surface area contributed by atoms with Crippen LogP contribution < -0.4 is 0 Å². The summed E-state index contributed by atoms with van der Waals surface area (Å²) in [5, 5.41) is 0. The minimum Gasteiger partial charge on any atom is -0.348 e.